The maximum atomic E-state index is 13.9. The van der Waals surface area contributed by atoms with Gasteiger partial charge in [-0.1, -0.05) is 66.7 Å². The van der Waals surface area contributed by atoms with Crippen molar-refractivity contribution in [2.24, 2.45) is 5.41 Å². The number of aromatic amines is 1. The summed E-state index contributed by atoms with van der Waals surface area (Å²) in [6.07, 6.45) is 1.94. The zero-order valence-electron chi connectivity index (χ0n) is 42.7. The highest BCUT2D eigenvalue weighted by Gasteiger charge is 2.56. The first-order valence-electron chi connectivity index (χ1n) is 24.1. The SMILES string of the molecule is CC[C@H]1O[C@@H](n2cc(CN(CC[C@H](NC(=O)OC(C)(C)C)C(C)(C)C)C[C@H]3O[C@@H](n4cnc5c(NC(=O)c6ccccc6)ncnc54)[C@@H]4OC(C)(C)O[C@@H]43)c(=O)[nH]c2=O)C[C@@H]1O[Si](C)(C)C(C)(C)C. The lowest BCUT2D eigenvalue weighted by Gasteiger charge is -2.39. The molecule has 3 saturated heterocycles. The van der Waals surface area contributed by atoms with Crippen LogP contribution >= 0.6 is 0 Å². The molecule has 69 heavy (non-hydrogen) atoms. The van der Waals surface area contributed by atoms with Gasteiger partial charge in [-0.25, -0.2) is 24.5 Å². The highest BCUT2D eigenvalue weighted by atomic mass is 28.4. The first-order chi connectivity index (χ1) is 32.1. The number of nitrogens with zero attached hydrogens (tertiary/aromatic N) is 6. The average Bonchev–Trinajstić information content (AvgIpc) is 4.01. The Bertz CT molecular complexity index is 2580. The standard InChI is InChI=1S/C49H73N9O10Si/c1-15-31-32(68-69(13,14)48(8,9)10)23-35(63-31)57-25-30(42(60)55-44(57)61)24-56(22-21-34(46(2,3)4)53-45(62)67-47(5,6)7)26-33-37-38(66-49(11,12)65-37)43(64-33)58-28-52-36-39(50-27-51-40(36)58)54-41(59)29-19-17-16-18-20-29/h16-20,25,27-28,31-35,37-38,43H,15,21-24,26H2,1-14H3,(H,53,62)(H,55,60,61)(H,50,51,54,59)/t31-,32+,33-,34+,35-,37-,38-,43-/m1/s1. The number of rotatable bonds is 15. The van der Waals surface area contributed by atoms with Crippen LogP contribution in [0.25, 0.3) is 11.2 Å². The number of carbonyl (C=O) groups is 2. The monoisotopic (exact) mass is 976 g/mol. The van der Waals surface area contributed by atoms with Crippen molar-refractivity contribution in [1.29, 1.82) is 0 Å². The van der Waals surface area contributed by atoms with Gasteiger partial charge in [0.25, 0.3) is 11.5 Å². The Morgan fingerprint density at radius 3 is 2.30 bits per heavy atom. The van der Waals surface area contributed by atoms with Crippen LogP contribution in [0.3, 0.4) is 0 Å². The summed E-state index contributed by atoms with van der Waals surface area (Å²) < 4.78 is 42.3. The molecule has 0 spiro atoms. The molecule has 6 heterocycles. The van der Waals surface area contributed by atoms with E-state index in [-0.39, 0.29) is 53.5 Å². The molecule has 19 nitrogen and oxygen atoms in total. The van der Waals surface area contributed by atoms with Gasteiger partial charge in [0.15, 0.2) is 37.3 Å². The molecule has 1 aromatic carbocycles. The third-order valence-corrected chi connectivity index (χ3v) is 18.0. The quantitative estimate of drug-likeness (QED) is 0.100. The van der Waals surface area contributed by atoms with E-state index in [0.717, 1.165) is 0 Å². The van der Waals surface area contributed by atoms with Gasteiger partial charge < -0.3 is 38.7 Å². The van der Waals surface area contributed by atoms with E-state index in [4.69, 9.17) is 28.1 Å². The largest absolute Gasteiger partial charge is 0.444 e. The molecular weight excluding hydrogens is 903 g/mol. The first-order valence-corrected chi connectivity index (χ1v) is 27.0. The summed E-state index contributed by atoms with van der Waals surface area (Å²) in [5.41, 5.74) is -0.608. The third-order valence-electron chi connectivity index (χ3n) is 13.5. The van der Waals surface area contributed by atoms with Gasteiger partial charge in [-0.15, -0.1) is 0 Å². The Kier molecular flexibility index (Phi) is 14.9. The first kappa shape index (κ1) is 52.0. The van der Waals surface area contributed by atoms with Gasteiger partial charge in [0.2, 0.25) is 0 Å². The Morgan fingerprint density at radius 1 is 0.957 bits per heavy atom. The fourth-order valence-electron chi connectivity index (χ4n) is 8.91. The molecule has 0 unspecified atom stereocenters. The van der Waals surface area contributed by atoms with Crippen molar-refractivity contribution in [3.63, 3.8) is 0 Å². The molecule has 4 aromatic rings. The molecular formula is C49H73N9O10Si. The van der Waals surface area contributed by atoms with Gasteiger partial charge in [0.1, 0.15) is 36.5 Å². The van der Waals surface area contributed by atoms with E-state index in [1.165, 1.54) is 10.9 Å². The maximum absolute atomic E-state index is 13.9. The number of aromatic nitrogens is 6. The van der Waals surface area contributed by atoms with Gasteiger partial charge in [0, 0.05) is 49.4 Å². The van der Waals surface area contributed by atoms with Crippen LogP contribution in [-0.2, 0) is 34.7 Å². The minimum absolute atomic E-state index is 0.0239. The molecule has 0 saturated carbocycles. The molecule has 7 rings (SSSR count). The van der Waals surface area contributed by atoms with Crippen LogP contribution in [0.5, 0.6) is 0 Å². The van der Waals surface area contributed by atoms with Crippen molar-refractivity contribution < 1.29 is 37.7 Å². The summed E-state index contributed by atoms with van der Waals surface area (Å²) in [6.45, 7) is 29.1. The van der Waals surface area contributed by atoms with Crippen LogP contribution in [0.15, 0.2) is 58.8 Å². The fourth-order valence-corrected chi connectivity index (χ4v) is 10.3. The number of alkyl carbamates (subject to hydrolysis) is 1. The molecule has 3 aliphatic rings. The second kappa shape index (κ2) is 19.8. The van der Waals surface area contributed by atoms with Crippen molar-refractivity contribution in [2.75, 3.05) is 18.4 Å². The number of benzene rings is 1. The van der Waals surface area contributed by atoms with E-state index < -0.39 is 67.8 Å². The topological polar surface area (TPSA) is 215 Å². The van der Waals surface area contributed by atoms with E-state index in [1.807, 2.05) is 68.4 Å². The lowest BCUT2D eigenvalue weighted by molar-refractivity contribution is -0.198. The smallest absolute Gasteiger partial charge is 0.407 e. The van der Waals surface area contributed by atoms with E-state index in [9.17, 15) is 19.2 Å². The summed E-state index contributed by atoms with van der Waals surface area (Å²) in [4.78, 5) is 72.0. The second-order valence-electron chi connectivity index (χ2n) is 22.6. The maximum Gasteiger partial charge on any atom is 0.407 e. The van der Waals surface area contributed by atoms with Crippen molar-refractivity contribution in [3.8, 4) is 0 Å². The highest BCUT2D eigenvalue weighted by Crippen LogP contribution is 2.45. The molecule has 3 N–H and O–H groups in total. The van der Waals surface area contributed by atoms with Crippen molar-refractivity contribution in [3.05, 3.63) is 81.1 Å². The van der Waals surface area contributed by atoms with Gasteiger partial charge in [-0.3, -0.25) is 28.6 Å². The van der Waals surface area contributed by atoms with Gasteiger partial charge in [0.05, 0.1) is 18.5 Å². The van der Waals surface area contributed by atoms with Crippen LogP contribution in [0, 0.1) is 5.41 Å². The lowest BCUT2D eigenvalue weighted by atomic mass is 9.84. The number of ether oxygens (including phenoxy) is 5. The predicted molar refractivity (Wildman–Crippen MR) is 262 cm³/mol. The summed E-state index contributed by atoms with van der Waals surface area (Å²) in [5.74, 6) is -1.09. The minimum atomic E-state index is -2.18. The van der Waals surface area contributed by atoms with Crippen molar-refractivity contribution >= 4 is 37.3 Å². The second-order valence-corrected chi connectivity index (χ2v) is 27.4. The lowest BCUT2D eigenvalue weighted by Crippen LogP contribution is -2.48. The molecule has 0 bridgehead atoms. The molecule has 2 amide bonds. The molecule has 3 fully saturated rings. The van der Waals surface area contributed by atoms with Crippen LogP contribution < -0.4 is 21.9 Å². The summed E-state index contributed by atoms with van der Waals surface area (Å²) >= 11 is 0. The van der Waals surface area contributed by atoms with E-state index in [0.29, 0.717) is 48.1 Å². The zero-order chi connectivity index (χ0) is 50.4. The number of H-pyrrole nitrogens is 1. The number of amides is 2. The summed E-state index contributed by atoms with van der Waals surface area (Å²) in [5, 5.41) is 5.94. The van der Waals surface area contributed by atoms with Crippen LogP contribution in [0.4, 0.5) is 10.6 Å². The molecule has 20 heteroatoms. The Balaban J connectivity index is 1.19. The molecule has 378 valence electrons. The van der Waals surface area contributed by atoms with Gasteiger partial charge in [-0.05, 0) is 83.1 Å². The number of anilines is 1. The number of imidazole rings is 1. The number of fused-ring (bicyclic) bond motifs is 2. The number of carbonyl (C=O) groups excluding carboxylic acids is 2. The highest BCUT2D eigenvalue weighted by molar-refractivity contribution is 6.74. The van der Waals surface area contributed by atoms with Gasteiger partial charge >= 0.3 is 11.8 Å². The van der Waals surface area contributed by atoms with Gasteiger partial charge in [-0.2, -0.15) is 0 Å². The van der Waals surface area contributed by atoms with E-state index in [1.54, 1.807) is 41.4 Å². The summed E-state index contributed by atoms with van der Waals surface area (Å²) in [7, 11) is -2.18. The normalized spacial score (nSPS) is 24.4. The van der Waals surface area contributed by atoms with Crippen molar-refractivity contribution in [1.82, 2.24) is 39.3 Å². The third kappa shape index (κ3) is 12.0. The van der Waals surface area contributed by atoms with Crippen LogP contribution in [0.1, 0.15) is 131 Å². The predicted octanol–water partition coefficient (Wildman–Crippen LogP) is 7.27. The molecule has 0 radical (unpaired) electrons. The molecule has 8 atom stereocenters. The van der Waals surface area contributed by atoms with Crippen LogP contribution in [-0.4, -0.2) is 115 Å². The Hall–Kier alpha value is -4.83. The number of hydrogen-bond donors (Lipinski definition) is 3. The summed E-state index contributed by atoms with van der Waals surface area (Å²) in [6, 6.07) is 8.47. The van der Waals surface area contributed by atoms with Crippen LogP contribution in [0.2, 0.25) is 18.1 Å². The van der Waals surface area contributed by atoms with E-state index in [2.05, 4.69) is 69.3 Å². The Morgan fingerprint density at radius 2 is 1.65 bits per heavy atom. The average molecular weight is 976 g/mol. The molecule has 0 aliphatic carbocycles. The molecule has 3 aliphatic heterocycles. The van der Waals surface area contributed by atoms with E-state index >= 15 is 0 Å². The number of hydrogen-bond acceptors (Lipinski definition) is 14. The molecule has 3 aromatic heterocycles. The Labute approximate surface area is 405 Å². The zero-order valence-corrected chi connectivity index (χ0v) is 43.7. The fraction of sp³-hybridized carbons (Fsp3) is 0.653. The van der Waals surface area contributed by atoms with Crippen molar-refractivity contribution in [2.45, 2.75) is 187 Å². The minimum Gasteiger partial charge on any atom is -0.444 e. The number of nitrogens with one attached hydrogen (secondary N) is 3.